The van der Waals surface area contributed by atoms with E-state index in [1.165, 1.54) is 0 Å². The Morgan fingerprint density at radius 1 is 0.609 bits per heavy atom. The third-order valence-corrected chi connectivity index (χ3v) is 9.01. The molecule has 0 aliphatic rings. The number of para-hydroxylation sites is 2. The van der Waals surface area contributed by atoms with Gasteiger partial charge in [0.05, 0.1) is 0 Å². The molecule has 3 nitrogen and oxygen atoms in total. The summed E-state index contributed by atoms with van der Waals surface area (Å²) in [7, 11) is 0. The van der Waals surface area contributed by atoms with E-state index in [-0.39, 0.29) is 0 Å². The summed E-state index contributed by atoms with van der Waals surface area (Å²) < 4.78 is 12.9. The van der Waals surface area contributed by atoms with E-state index in [0.29, 0.717) is 11.5 Å². The third-order valence-electron chi connectivity index (χ3n) is 2.93. The van der Waals surface area contributed by atoms with Crippen LogP contribution in [-0.4, -0.2) is 18.9 Å². The molecule has 3 aromatic carbocycles. The Hall–Kier alpha value is -1.83. The molecule has 23 heavy (non-hydrogen) atoms. The molecule has 0 saturated carbocycles. The first-order valence-electron chi connectivity index (χ1n) is 7.13. The molecule has 0 saturated heterocycles. The van der Waals surface area contributed by atoms with Crippen molar-refractivity contribution in [2.24, 2.45) is 0 Å². The molecule has 0 spiro atoms. The van der Waals surface area contributed by atoms with Crippen molar-refractivity contribution in [1.29, 1.82) is 0 Å². The summed E-state index contributed by atoms with van der Waals surface area (Å²) in [5.74, 6) is 1.23. The van der Waals surface area contributed by atoms with Crippen molar-refractivity contribution in [2.45, 2.75) is 0 Å². The monoisotopic (exact) mass is 392 g/mol. The van der Waals surface area contributed by atoms with Gasteiger partial charge < -0.3 is 0 Å². The Labute approximate surface area is 141 Å². The molecule has 0 unspecified atom stereocenters. The molecule has 0 heterocycles. The van der Waals surface area contributed by atoms with Gasteiger partial charge in [-0.15, -0.1) is 0 Å². The predicted molar refractivity (Wildman–Crippen MR) is 96.5 cm³/mol. The van der Waals surface area contributed by atoms with Crippen molar-refractivity contribution in [3.8, 4) is 11.5 Å². The molecule has 0 aliphatic heterocycles. The fourth-order valence-corrected chi connectivity index (χ4v) is 8.01. The van der Waals surface area contributed by atoms with Crippen LogP contribution >= 0.6 is 6.19 Å². The normalized spacial score (nSPS) is 11.0. The first kappa shape index (κ1) is 16.0. The van der Waals surface area contributed by atoms with Crippen LogP contribution in [0.3, 0.4) is 0 Å². The predicted octanol–water partition coefficient (Wildman–Crippen LogP) is 3.58. The van der Waals surface area contributed by atoms with E-state index < -0.39 is 20.2 Å². The molecular weight excluding hydrogens is 374 g/mol. The Kier molecular flexibility index (Phi) is 5.32. The number of hydrogen-bond acceptors (Lipinski definition) is 3. The van der Waals surface area contributed by atoms with Gasteiger partial charge >= 0.3 is 141 Å². The van der Waals surface area contributed by atoms with Crippen molar-refractivity contribution in [2.75, 3.05) is 0 Å². The zero-order valence-electron chi connectivity index (χ0n) is 12.3. The molecule has 0 bridgehead atoms. The standard InChI is InChI=1S/C18H17O3PSe/c19-22(20-16-10-4-1-5-11-16,21-17-12-6-2-7-13-17)23-18-14-8-3-9-15-18/h1-15,19,23H. The van der Waals surface area contributed by atoms with Crippen molar-refractivity contribution in [3.63, 3.8) is 0 Å². The van der Waals surface area contributed by atoms with Gasteiger partial charge in [-0.25, -0.2) is 0 Å². The molecule has 118 valence electrons. The van der Waals surface area contributed by atoms with Crippen LogP contribution in [0.25, 0.3) is 0 Å². The summed E-state index contributed by atoms with van der Waals surface area (Å²) in [4.78, 5) is 11.1. The van der Waals surface area contributed by atoms with Gasteiger partial charge in [0, 0.05) is 0 Å². The molecule has 0 radical (unpaired) electrons. The quantitative estimate of drug-likeness (QED) is 0.534. The van der Waals surface area contributed by atoms with E-state index in [4.69, 9.17) is 9.05 Å². The number of benzene rings is 3. The molecule has 0 aliphatic carbocycles. The third kappa shape index (κ3) is 4.82. The maximum atomic E-state index is 11.1. The summed E-state index contributed by atoms with van der Waals surface area (Å²) in [5, 5.41) is 0. The van der Waals surface area contributed by atoms with E-state index in [9.17, 15) is 4.89 Å². The molecule has 0 aromatic heterocycles. The van der Waals surface area contributed by atoms with E-state index >= 15 is 0 Å². The molecule has 3 aromatic rings. The molecule has 5 heteroatoms. The fraction of sp³-hybridized carbons (Fsp3) is 0. The second kappa shape index (κ2) is 7.63. The zero-order chi connectivity index (χ0) is 16.0. The van der Waals surface area contributed by atoms with Crippen LogP contribution in [-0.2, 0) is 0 Å². The van der Waals surface area contributed by atoms with Crippen LogP contribution in [0.2, 0.25) is 0 Å². The first-order valence-corrected chi connectivity index (χ1v) is 12.1. The summed E-state index contributed by atoms with van der Waals surface area (Å²) in [6.07, 6.45) is -3.04. The maximum absolute atomic E-state index is 11.1. The average molecular weight is 391 g/mol. The van der Waals surface area contributed by atoms with Gasteiger partial charge in [0.1, 0.15) is 0 Å². The average Bonchev–Trinajstić information content (AvgIpc) is 2.57. The fourth-order valence-electron chi connectivity index (χ4n) is 1.94. The summed E-state index contributed by atoms with van der Waals surface area (Å²) >= 11 is -0.679. The minimum absolute atomic E-state index is 0.616. The van der Waals surface area contributed by atoms with Gasteiger partial charge in [-0.1, -0.05) is 0 Å². The molecule has 0 amide bonds. The molecule has 1 N–H and O–H groups in total. The summed E-state index contributed by atoms with van der Waals surface area (Å²) in [6, 6.07) is 28.5. The first-order chi connectivity index (χ1) is 11.2. The van der Waals surface area contributed by atoms with Gasteiger partial charge in [0.2, 0.25) is 0 Å². The van der Waals surface area contributed by atoms with Gasteiger partial charge in [-0.05, 0) is 0 Å². The topological polar surface area (TPSA) is 38.7 Å². The second-order valence-electron chi connectivity index (χ2n) is 4.73. The summed E-state index contributed by atoms with van der Waals surface area (Å²) in [5.41, 5.74) is 0. The van der Waals surface area contributed by atoms with Crippen molar-refractivity contribution < 1.29 is 13.9 Å². The SMILES string of the molecule is OP(Oc1ccccc1)(Oc1ccccc1)=[SeH]c1ccccc1. The van der Waals surface area contributed by atoms with Crippen LogP contribution in [0.5, 0.6) is 11.5 Å². The van der Waals surface area contributed by atoms with Crippen molar-refractivity contribution in [1.82, 2.24) is 0 Å². The Morgan fingerprint density at radius 3 is 1.43 bits per heavy atom. The molecule has 3 rings (SSSR count). The molecular formula is C18H17O3PSe. The Bertz CT molecular complexity index is 747. The van der Waals surface area contributed by atoms with Crippen LogP contribution in [0, 0.1) is 0 Å². The van der Waals surface area contributed by atoms with Crippen LogP contribution < -0.4 is 13.5 Å². The second-order valence-corrected chi connectivity index (χ2v) is 11.8. The van der Waals surface area contributed by atoms with Gasteiger partial charge in [0.15, 0.2) is 0 Å². The van der Waals surface area contributed by atoms with Gasteiger partial charge in [-0.2, -0.15) is 0 Å². The molecule has 0 atom stereocenters. The van der Waals surface area contributed by atoms with Crippen molar-refractivity contribution >= 4 is 24.7 Å². The van der Waals surface area contributed by atoms with Crippen LogP contribution in [0.15, 0.2) is 91.0 Å². The van der Waals surface area contributed by atoms with Crippen LogP contribution in [0.4, 0.5) is 0 Å². The van der Waals surface area contributed by atoms with Gasteiger partial charge in [-0.3, -0.25) is 0 Å². The van der Waals surface area contributed by atoms with Crippen LogP contribution in [0.1, 0.15) is 0 Å². The molecule has 0 fully saturated rings. The van der Waals surface area contributed by atoms with E-state index in [0.717, 1.165) is 4.46 Å². The zero-order valence-corrected chi connectivity index (χ0v) is 15.1. The minimum atomic E-state index is -3.04. The number of rotatable bonds is 5. The summed E-state index contributed by atoms with van der Waals surface area (Å²) in [6.45, 7) is 0. The number of hydrogen-bond donors (Lipinski definition) is 1. The van der Waals surface area contributed by atoms with E-state index in [2.05, 4.69) is 0 Å². The van der Waals surface area contributed by atoms with Crippen molar-refractivity contribution in [3.05, 3.63) is 91.0 Å². The Morgan fingerprint density at radius 2 is 1.00 bits per heavy atom. The Balaban J connectivity index is 1.97. The van der Waals surface area contributed by atoms with Gasteiger partial charge in [0.25, 0.3) is 0 Å². The van der Waals surface area contributed by atoms with E-state index in [1.54, 1.807) is 0 Å². The van der Waals surface area contributed by atoms with E-state index in [1.807, 2.05) is 91.0 Å².